The molecule has 0 spiro atoms. The van der Waals surface area contributed by atoms with E-state index < -0.39 is 5.79 Å². The van der Waals surface area contributed by atoms with Crippen molar-refractivity contribution >= 4 is 17.7 Å². The van der Waals surface area contributed by atoms with Crippen molar-refractivity contribution in [3.63, 3.8) is 0 Å². The Labute approximate surface area is 72.8 Å². The van der Waals surface area contributed by atoms with Crippen molar-refractivity contribution in [1.82, 2.24) is 0 Å². The highest BCUT2D eigenvalue weighted by Crippen LogP contribution is 2.29. The van der Waals surface area contributed by atoms with Crippen molar-refractivity contribution in [1.29, 1.82) is 0 Å². The summed E-state index contributed by atoms with van der Waals surface area (Å²) < 4.78 is 18.0. The Bertz CT molecular complexity index is 328. The molecule has 0 aliphatic carbocycles. The summed E-state index contributed by atoms with van der Waals surface area (Å²) in [4.78, 5) is 12.7. The van der Waals surface area contributed by atoms with Crippen LogP contribution in [0, 0.1) is 0 Å². The van der Waals surface area contributed by atoms with E-state index in [-0.39, 0.29) is 11.0 Å². The van der Waals surface area contributed by atoms with Gasteiger partial charge in [0.15, 0.2) is 11.0 Å². The first-order chi connectivity index (χ1) is 5.56. The number of alkyl halides is 1. The van der Waals surface area contributed by atoms with Gasteiger partial charge < -0.3 is 4.42 Å². The standard InChI is InChI=1S/C7H5ClFNO2/c1-7(9,10-4-11)5-2-3-6(8)12-5/h2-3H,1H3. The average Bonchev–Trinajstić information content (AvgIpc) is 2.36. The molecule has 0 fully saturated rings. The highest BCUT2D eigenvalue weighted by Gasteiger charge is 2.28. The fraction of sp³-hybridized carbons (Fsp3) is 0.286. The van der Waals surface area contributed by atoms with Gasteiger partial charge >= 0.3 is 0 Å². The van der Waals surface area contributed by atoms with E-state index in [1.165, 1.54) is 12.1 Å². The fourth-order valence-corrected chi connectivity index (χ4v) is 0.846. The first kappa shape index (κ1) is 8.97. The Hall–Kier alpha value is -1.12. The van der Waals surface area contributed by atoms with Gasteiger partial charge in [-0.25, -0.2) is 9.18 Å². The number of nitrogens with zero attached hydrogens (tertiary/aromatic N) is 1. The summed E-state index contributed by atoms with van der Waals surface area (Å²) in [5.41, 5.74) is 0. The van der Waals surface area contributed by atoms with E-state index in [1.807, 2.05) is 0 Å². The number of hydrogen-bond donors (Lipinski definition) is 0. The SMILES string of the molecule is CC(F)(N=C=O)c1ccc(Cl)o1. The zero-order valence-electron chi connectivity index (χ0n) is 6.17. The number of furan rings is 1. The minimum atomic E-state index is -2.19. The summed E-state index contributed by atoms with van der Waals surface area (Å²) >= 11 is 5.39. The summed E-state index contributed by atoms with van der Waals surface area (Å²) in [6.07, 6.45) is 1.11. The third kappa shape index (κ3) is 1.72. The van der Waals surface area contributed by atoms with Gasteiger partial charge in [-0.1, -0.05) is 0 Å². The number of isocyanates is 1. The second kappa shape index (κ2) is 3.09. The quantitative estimate of drug-likeness (QED) is 0.407. The lowest BCUT2D eigenvalue weighted by Crippen LogP contribution is -2.09. The summed E-state index contributed by atoms with van der Waals surface area (Å²) in [7, 11) is 0. The maximum Gasteiger partial charge on any atom is 0.265 e. The summed E-state index contributed by atoms with van der Waals surface area (Å²) in [6.45, 7) is 1.08. The summed E-state index contributed by atoms with van der Waals surface area (Å²) in [6, 6.07) is 2.68. The van der Waals surface area contributed by atoms with Crippen LogP contribution in [0.5, 0.6) is 0 Å². The first-order valence-electron chi connectivity index (χ1n) is 3.10. The maximum absolute atomic E-state index is 13.3. The first-order valence-corrected chi connectivity index (χ1v) is 3.48. The van der Waals surface area contributed by atoms with Crippen LogP contribution in [0.15, 0.2) is 21.5 Å². The molecule has 1 rings (SSSR count). The van der Waals surface area contributed by atoms with E-state index >= 15 is 0 Å². The Kier molecular flexibility index (Phi) is 2.31. The molecule has 0 bridgehead atoms. The van der Waals surface area contributed by atoms with Gasteiger partial charge in [0.05, 0.1) is 0 Å². The van der Waals surface area contributed by atoms with Crippen molar-refractivity contribution < 1.29 is 13.6 Å². The lowest BCUT2D eigenvalue weighted by Gasteiger charge is -2.07. The summed E-state index contributed by atoms with van der Waals surface area (Å²) in [5, 5.41) is 0.0509. The normalized spacial score (nSPS) is 14.9. The molecule has 0 aromatic carbocycles. The molecular weight excluding hydrogens is 185 g/mol. The van der Waals surface area contributed by atoms with E-state index in [9.17, 15) is 9.18 Å². The zero-order valence-corrected chi connectivity index (χ0v) is 6.93. The van der Waals surface area contributed by atoms with Crippen LogP contribution in [0.3, 0.4) is 0 Å². The van der Waals surface area contributed by atoms with Crippen LogP contribution in [0.4, 0.5) is 4.39 Å². The van der Waals surface area contributed by atoms with E-state index in [0.29, 0.717) is 0 Å². The zero-order chi connectivity index (χ0) is 9.19. The highest BCUT2D eigenvalue weighted by molar-refractivity contribution is 6.28. The molecule has 1 aromatic rings. The van der Waals surface area contributed by atoms with Gasteiger partial charge in [0.1, 0.15) is 0 Å². The highest BCUT2D eigenvalue weighted by atomic mass is 35.5. The molecule has 0 amide bonds. The molecule has 1 heterocycles. The van der Waals surface area contributed by atoms with Crippen molar-refractivity contribution in [3.8, 4) is 0 Å². The number of hydrogen-bond acceptors (Lipinski definition) is 3. The van der Waals surface area contributed by atoms with E-state index in [4.69, 9.17) is 16.0 Å². The van der Waals surface area contributed by atoms with Crippen LogP contribution in [0.2, 0.25) is 5.22 Å². The molecule has 0 aliphatic heterocycles. The lowest BCUT2D eigenvalue weighted by molar-refractivity contribution is 0.166. The molecular formula is C7H5ClFNO2. The summed E-state index contributed by atoms with van der Waals surface area (Å²) in [5.74, 6) is -2.30. The Morgan fingerprint density at radius 3 is 2.83 bits per heavy atom. The molecule has 0 aliphatic rings. The second-order valence-electron chi connectivity index (χ2n) is 2.26. The second-order valence-corrected chi connectivity index (χ2v) is 2.63. The van der Waals surface area contributed by atoms with Gasteiger partial charge in [0, 0.05) is 0 Å². The number of rotatable bonds is 2. The minimum absolute atomic E-state index is 0.0509. The molecule has 12 heavy (non-hydrogen) atoms. The van der Waals surface area contributed by atoms with Gasteiger partial charge in [0.25, 0.3) is 5.79 Å². The molecule has 5 heteroatoms. The van der Waals surface area contributed by atoms with Gasteiger partial charge in [-0.3, -0.25) is 0 Å². The van der Waals surface area contributed by atoms with Crippen LogP contribution in [-0.4, -0.2) is 6.08 Å². The number of aliphatic imine (C=N–C) groups is 1. The number of halogens is 2. The molecule has 0 N–H and O–H groups in total. The lowest BCUT2D eigenvalue weighted by atomic mass is 10.2. The third-order valence-corrected chi connectivity index (χ3v) is 1.48. The smallest absolute Gasteiger partial charge is 0.265 e. The van der Waals surface area contributed by atoms with E-state index in [1.54, 1.807) is 0 Å². The minimum Gasteiger partial charge on any atom is -0.444 e. The molecule has 64 valence electrons. The maximum atomic E-state index is 13.3. The van der Waals surface area contributed by atoms with E-state index in [2.05, 4.69) is 4.99 Å². The van der Waals surface area contributed by atoms with Crippen LogP contribution in [0.1, 0.15) is 12.7 Å². The molecule has 0 radical (unpaired) electrons. The van der Waals surface area contributed by atoms with Gasteiger partial charge in [-0.15, -0.1) is 0 Å². The predicted molar refractivity (Wildman–Crippen MR) is 40.3 cm³/mol. The average molecular weight is 190 g/mol. The Morgan fingerprint density at radius 1 is 1.75 bits per heavy atom. The van der Waals surface area contributed by atoms with Crippen molar-refractivity contribution in [2.45, 2.75) is 12.7 Å². The molecule has 3 nitrogen and oxygen atoms in total. The molecule has 1 unspecified atom stereocenters. The number of carbonyl (C=O) groups excluding carboxylic acids is 1. The van der Waals surface area contributed by atoms with Crippen molar-refractivity contribution in [2.75, 3.05) is 0 Å². The van der Waals surface area contributed by atoms with Crippen molar-refractivity contribution in [2.24, 2.45) is 4.99 Å². The molecule has 0 saturated carbocycles. The fourth-order valence-electron chi connectivity index (χ4n) is 0.700. The van der Waals surface area contributed by atoms with Crippen LogP contribution in [0.25, 0.3) is 0 Å². The monoisotopic (exact) mass is 189 g/mol. The molecule has 0 saturated heterocycles. The molecule has 1 atom stereocenters. The topological polar surface area (TPSA) is 42.6 Å². The van der Waals surface area contributed by atoms with Gasteiger partial charge in [0.2, 0.25) is 6.08 Å². The van der Waals surface area contributed by atoms with Crippen LogP contribution in [-0.2, 0) is 10.6 Å². The van der Waals surface area contributed by atoms with Crippen molar-refractivity contribution in [3.05, 3.63) is 23.1 Å². The van der Waals surface area contributed by atoms with E-state index in [0.717, 1.165) is 13.0 Å². The largest absolute Gasteiger partial charge is 0.444 e. The molecule has 1 aromatic heterocycles. The van der Waals surface area contributed by atoms with Gasteiger partial charge in [-0.05, 0) is 30.7 Å². The predicted octanol–water partition coefficient (Wildman–Crippen LogP) is 2.41. The Morgan fingerprint density at radius 2 is 2.42 bits per heavy atom. The van der Waals surface area contributed by atoms with Gasteiger partial charge in [-0.2, -0.15) is 4.99 Å². The van der Waals surface area contributed by atoms with Crippen LogP contribution < -0.4 is 0 Å². The Balaban J connectivity index is 3.04. The van der Waals surface area contributed by atoms with Crippen LogP contribution >= 0.6 is 11.6 Å². The third-order valence-electron chi connectivity index (χ3n) is 1.28.